The molecule has 3 aliphatic rings. The number of para-hydroxylation sites is 1. The van der Waals surface area contributed by atoms with Gasteiger partial charge in [-0.1, -0.05) is 24.3 Å². The zero-order valence-electron chi connectivity index (χ0n) is 14.9. The summed E-state index contributed by atoms with van der Waals surface area (Å²) in [5.41, 5.74) is 0.762. The lowest BCUT2D eigenvalue weighted by Crippen LogP contribution is -2.41. The van der Waals surface area contributed by atoms with Crippen molar-refractivity contribution in [2.75, 3.05) is 24.6 Å². The lowest BCUT2D eigenvalue weighted by molar-refractivity contribution is -0.135. The summed E-state index contributed by atoms with van der Waals surface area (Å²) in [6.07, 6.45) is 7.76. The van der Waals surface area contributed by atoms with Crippen LogP contribution in [-0.2, 0) is 14.6 Å². The molecular formula is C20H25NO4S. The number of benzene rings is 1. The first-order valence-corrected chi connectivity index (χ1v) is 11.3. The molecule has 0 bridgehead atoms. The van der Waals surface area contributed by atoms with E-state index in [2.05, 4.69) is 12.2 Å². The van der Waals surface area contributed by atoms with Gasteiger partial charge in [-0.2, -0.15) is 0 Å². The molecule has 3 heterocycles. The molecule has 0 unspecified atom stereocenters. The fourth-order valence-corrected chi connectivity index (χ4v) is 5.71. The van der Waals surface area contributed by atoms with E-state index < -0.39 is 9.84 Å². The molecule has 0 aromatic heterocycles. The number of rotatable bonds is 1. The van der Waals surface area contributed by atoms with Gasteiger partial charge in [0, 0.05) is 31.0 Å². The maximum absolute atomic E-state index is 12.9. The van der Waals surface area contributed by atoms with E-state index in [-0.39, 0.29) is 28.9 Å². The smallest absolute Gasteiger partial charge is 0.225 e. The van der Waals surface area contributed by atoms with Gasteiger partial charge in [0.15, 0.2) is 0 Å². The standard InChI is InChI=1S/C20H25NO4S/c22-19(17-7-14-26(23,24)15-8-17)21-12-3-9-20(11-13-21)10-6-16-4-1-2-5-18(16)25-20/h1-2,4-6,10,17H,3,7-9,11-15H2/t20-/m1/s1. The number of carbonyl (C=O) groups excluding carboxylic acids is 1. The van der Waals surface area contributed by atoms with Crippen molar-refractivity contribution in [2.24, 2.45) is 5.92 Å². The van der Waals surface area contributed by atoms with Crippen molar-refractivity contribution in [3.8, 4) is 5.75 Å². The molecule has 5 nitrogen and oxygen atoms in total. The molecule has 1 aromatic carbocycles. The van der Waals surface area contributed by atoms with E-state index in [0.717, 1.165) is 37.1 Å². The summed E-state index contributed by atoms with van der Waals surface area (Å²) in [5, 5.41) is 0. The summed E-state index contributed by atoms with van der Waals surface area (Å²) < 4.78 is 29.5. The highest BCUT2D eigenvalue weighted by Crippen LogP contribution is 2.37. The maximum Gasteiger partial charge on any atom is 0.225 e. The molecule has 0 N–H and O–H groups in total. The minimum atomic E-state index is -2.94. The third-order valence-corrected chi connectivity index (χ3v) is 7.56. The zero-order valence-corrected chi connectivity index (χ0v) is 15.7. The molecule has 0 saturated carbocycles. The summed E-state index contributed by atoms with van der Waals surface area (Å²) >= 11 is 0. The number of sulfone groups is 1. The van der Waals surface area contributed by atoms with Crippen molar-refractivity contribution in [2.45, 2.75) is 37.7 Å². The van der Waals surface area contributed by atoms with Crippen LogP contribution in [0, 0.1) is 5.92 Å². The summed E-state index contributed by atoms with van der Waals surface area (Å²) in [6.45, 7) is 1.39. The Morgan fingerprint density at radius 3 is 2.69 bits per heavy atom. The number of fused-ring (bicyclic) bond motifs is 1. The molecule has 6 heteroatoms. The Hall–Kier alpha value is -1.82. The predicted molar refractivity (Wildman–Crippen MR) is 101 cm³/mol. The number of likely N-dealkylation sites (tertiary alicyclic amines) is 1. The number of amides is 1. The third-order valence-electron chi connectivity index (χ3n) is 5.85. The molecule has 4 rings (SSSR count). The van der Waals surface area contributed by atoms with Crippen molar-refractivity contribution < 1.29 is 17.9 Å². The molecule has 2 fully saturated rings. The molecule has 1 spiro atoms. The molecule has 3 aliphatic heterocycles. The largest absolute Gasteiger partial charge is 0.483 e. The van der Waals surface area contributed by atoms with Crippen molar-refractivity contribution in [3.63, 3.8) is 0 Å². The second-order valence-electron chi connectivity index (χ2n) is 7.64. The second-order valence-corrected chi connectivity index (χ2v) is 9.95. The Bertz CT molecular complexity index is 818. The van der Waals surface area contributed by atoms with Gasteiger partial charge in [0.1, 0.15) is 21.2 Å². The van der Waals surface area contributed by atoms with Gasteiger partial charge in [0.05, 0.1) is 11.5 Å². The van der Waals surface area contributed by atoms with E-state index in [1.807, 2.05) is 29.2 Å². The van der Waals surface area contributed by atoms with Crippen LogP contribution in [0.15, 0.2) is 30.3 Å². The molecule has 26 heavy (non-hydrogen) atoms. The number of ether oxygens (including phenoxy) is 1. The van der Waals surface area contributed by atoms with E-state index in [1.54, 1.807) is 0 Å². The first kappa shape index (κ1) is 17.6. The van der Waals surface area contributed by atoms with Gasteiger partial charge in [-0.05, 0) is 37.8 Å². The quantitative estimate of drug-likeness (QED) is 0.757. The minimum Gasteiger partial charge on any atom is -0.483 e. The van der Waals surface area contributed by atoms with Gasteiger partial charge in [-0.25, -0.2) is 8.42 Å². The summed E-state index contributed by atoms with van der Waals surface area (Å²) in [5.74, 6) is 1.17. The molecular weight excluding hydrogens is 350 g/mol. The predicted octanol–water partition coefficient (Wildman–Crippen LogP) is 2.67. The van der Waals surface area contributed by atoms with E-state index in [9.17, 15) is 13.2 Å². The minimum absolute atomic E-state index is 0.122. The van der Waals surface area contributed by atoms with E-state index in [4.69, 9.17) is 4.74 Å². The van der Waals surface area contributed by atoms with Crippen molar-refractivity contribution in [3.05, 3.63) is 35.9 Å². The number of hydrogen-bond acceptors (Lipinski definition) is 4. The Labute approximate surface area is 154 Å². The summed E-state index contributed by atoms with van der Waals surface area (Å²) in [6, 6.07) is 8.02. The van der Waals surface area contributed by atoms with Crippen LogP contribution in [0.5, 0.6) is 5.75 Å². The van der Waals surface area contributed by atoms with Crippen molar-refractivity contribution in [1.29, 1.82) is 0 Å². The Morgan fingerprint density at radius 1 is 1.12 bits per heavy atom. The fourth-order valence-electron chi connectivity index (χ4n) is 4.22. The van der Waals surface area contributed by atoms with E-state index >= 15 is 0 Å². The first-order valence-electron chi connectivity index (χ1n) is 9.43. The second kappa shape index (κ2) is 6.72. The van der Waals surface area contributed by atoms with Crippen molar-refractivity contribution >= 4 is 21.8 Å². The number of hydrogen-bond donors (Lipinski definition) is 0. The average Bonchev–Trinajstić information content (AvgIpc) is 2.84. The molecule has 140 valence electrons. The molecule has 1 aromatic rings. The lowest BCUT2D eigenvalue weighted by atomic mass is 9.91. The van der Waals surface area contributed by atoms with E-state index in [1.165, 1.54) is 0 Å². The van der Waals surface area contributed by atoms with Crippen LogP contribution in [0.1, 0.15) is 37.7 Å². The highest BCUT2D eigenvalue weighted by Gasteiger charge is 2.37. The highest BCUT2D eigenvalue weighted by molar-refractivity contribution is 7.91. The van der Waals surface area contributed by atoms with Crippen LogP contribution < -0.4 is 4.74 Å². The SMILES string of the molecule is O=C(C1CCS(=O)(=O)CC1)N1CCC[C@@]2(C=Cc3ccccc3O2)CC1. The fraction of sp³-hybridized carbons (Fsp3) is 0.550. The molecule has 2 saturated heterocycles. The molecule has 1 atom stereocenters. The number of carbonyl (C=O) groups is 1. The van der Waals surface area contributed by atoms with Crippen LogP contribution in [0.25, 0.3) is 6.08 Å². The Kier molecular flexibility index (Phi) is 4.55. The molecule has 0 aliphatic carbocycles. The van der Waals surface area contributed by atoms with Crippen LogP contribution >= 0.6 is 0 Å². The third kappa shape index (κ3) is 3.52. The van der Waals surface area contributed by atoms with Gasteiger partial charge < -0.3 is 9.64 Å². The van der Waals surface area contributed by atoms with Gasteiger partial charge in [-0.3, -0.25) is 4.79 Å². The highest BCUT2D eigenvalue weighted by atomic mass is 32.2. The van der Waals surface area contributed by atoms with Crippen LogP contribution in [0.4, 0.5) is 0 Å². The van der Waals surface area contributed by atoms with Crippen LogP contribution in [0.3, 0.4) is 0 Å². The van der Waals surface area contributed by atoms with Crippen LogP contribution in [-0.4, -0.2) is 49.4 Å². The summed E-state index contributed by atoms with van der Waals surface area (Å²) in [7, 11) is -2.94. The Balaban J connectivity index is 1.42. The van der Waals surface area contributed by atoms with Gasteiger partial charge >= 0.3 is 0 Å². The van der Waals surface area contributed by atoms with E-state index in [0.29, 0.717) is 19.4 Å². The van der Waals surface area contributed by atoms with Gasteiger partial charge in [-0.15, -0.1) is 0 Å². The normalized spacial score (nSPS) is 28.2. The summed E-state index contributed by atoms with van der Waals surface area (Å²) in [4.78, 5) is 14.8. The monoisotopic (exact) mass is 375 g/mol. The molecule has 1 amide bonds. The van der Waals surface area contributed by atoms with Crippen LogP contribution in [0.2, 0.25) is 0 Å². The Morgan fingerprint density at radius 2 is 1.88 bits per heavy atom. The average molecular weight is 375 g/mol. The zero-order chi connectivity index (χ0) is 18.2. The number of nitrogens with zero attached hydrogens (tertiary/aromatic N) is 1. The van der Waals surface area contributed by atoms with Crippen molar-refractivity contribution in [1.82, 2.24) is 4.90 Å². The van der Waals surface area contributed by atoms with Gasteiger partial charge in [0.25, 0.3) is 0 Å². The topological polar surface area (TPSA) is 63.7 Å². The maximum atomic E-state index is 12.9. The first-order chi connectivity index (χ1) is 12.5. The van der Waals surface area contributed by atoms with Gasteiger partial charge in [0.2, 0.25) is 5.91 Å². The molecule has 0 radical (unpaired) electrons. The lowest BCUT2D eigenvalue weighted by Gasteiger charge is -2.34.